The van der Waals surface area contributed by atoms with Crippen LogP contribution in [0.15, 0.2) is 29.2 Å². The minimum atomic E-state index is -3.47. The molecular weight excluding hydrogens is 402 g/mol. The smallest absolute Gasteiger partial charge is 0.243 e. The average Bonchev–Trinajstić information content (AvgIpc) is 2.78. The fourth-order valence-corrected chi connectivity index (χ4v) is 5.45. The predicted octanol–water partition coefficient (Wildman–Crippen LogP) is 1.88. The van der Waals surface area contributed by atoms with Crippen molar-refractivity contribution >= 4 is 15.9 Å². The molecule has 0 saturated carbocycles. The summed E-state index contributed by atoms with van der Waals surface area (Å²) in [6.45, 7) is 7.92. The highest BCUT2D eigenvalue weighted by Crippen LogP contribution is 2.18. The minimum Gasteiger partial charge on any atom is -0.379 e. The van der Waals surface area contributed by atoms with Crippen LogP contribution in [0, 0.1) is 5.92 Å². The molecule has 0 aromatic heterocycles. The maximum Gasteiger partial charge on any atom is 0.243 e. The van der Waals surface area contributed by atoms with Gasteiger partial charge in [0.2, 0.25) is 15.9 Å². The topological polar surface area (TPSA) is 79.0 Å². The summed E-state index contributed by atoms with van der Waals surface area (Å²) < 4.78 is 32.0. The molecule has 1 atom stereocenters. The van der Waals surface area contributed by atoms with Gasteiger partial charge in [-0.05, 0) is 56.0 Å². The van der Waals surface area contributed by atoms with Crippen LogP contribution >= 0.6 is 0 Å². The predicted molar refractivity (Wildman–Crippen MR) is 117 cm³/mol. The van der Waals surface area contributed by atoms with E-state index in [9.17, 15) is 13.2 Å². The van der Waals surface area contributed by atoms with E-state index in [-0.39, 0.29) is 5.91 Å². The second-order valence-corrected chi connectivity index (χ2v) is 10.4. The van der Waals surface area contributed by atoms with Crippen molar-refractivity contribution in [1.29, 1.82) is 0 Å². The third kappa shape index (κ3) is 6.77. The normalized spacial score (nSPS) is 20.0. The Morgan fingerprint density at radius 3 is 2.40 bits per heavy atom. The van der Waals surface area contributed by atoms with Crippen molar-refractivity contribution < 1.29 is 17.9 Å². The summed E-state index contributed by atoms with van der Waals surface area (Å²) in [4.78, 5) is 15.0. The second-order valence-electron chi connectivity index (χ2n) is 8.43. The van der Waals surface area contributed by atoms with Crippen molar-refractivity contribution in [3.63, 3.8) is 0 Å². The van der Waals surface area contributed by atoms with Crippen molar-refractivity contribution in [2.24, 2.45) is 5.92 Å². The van der Waals surface area contributed by atoms with Crippen LogP contribution in [0.1, 0.15) is 38.2 Å². The van der Waals surface area contributed by atoms with E-state index in [1.807, 2.05) is 0 Å². The zero-order chi connectivity index (χ0) is 21.4. The first-order valence-electron chi connectivity index (χ1n) is 11.1. The van der Waals surface area contributed by atoms with Gasteiger partial charge in [-0.2, -0.15) is 4.31 Å². The number of carbonyl (C=O) groups excluding carboxylic acids is 1. The Bertz CT molecular complexity index is 770. The molecule has 0 radical (unpaired) electrons. The number of piperidine rings is 1. The Labute approximate surface area is 180 Å². The Balaban J connectivity index is 1.40. The Hall–Kier alpha value is -1.48. The van der Waals surface area contributed by atoms with Gasteiger partial charge in [0.05, 0.1) is 18.1 Å². The number of amides is 1. The van der Waals surface area contributed by atoms with Gasteiger partial charge < -0.3 is 15.0 Å². The van der Waals surface area contributed by atoms with Crippen LogP contribution in [0.2, 0.25) is 0 Å². The molecule has 0 bridgehead atoms. The fourth-order valence-electron chi connectivity index (χ4n) is 4.05. The van der Waals surface area contributed by atoms with Crippen LogP contribution in [-0.2, 0) is 26.0 Å². The van der Waals surface area contributed by atoms with Gasteiger partial charge >= 0.3 is 0 Å². The molecule has 2 saturated heterocycles. The largest absolute Gasteiger partial charge is 0.379 e. The summed E-state index contributed by atoms with van der Waals surface area (Å²) in [5, 5.41) is 3.04. The number of rotatable bonds is 9. The molecule has 2 aliphatic rings. The number of benzene rings is 1. The van der Waals surface area contributed by atoms with Crippen molar-refractivity contribution in [2.75, 3.05) is 52.5 Å². The number of morpholine rings is 1. The first-order valence-corrected chi connectivity index (χ1v) is 12.5. The van der Waals surface area contributed by atoms with E-state index in [2.05, 4.69) is 17.1 Å². The highest BCUT2D eigenvalue weighted by Gasteiger charge is 2.26. The fraction of sp³-hybridized carbons (Fsp3) is 0.682. The number of likely N-dealkylation sites (tertiary alicyclic amines) is 1. The third-order valence-electron chi connectivity index (χ3n) is 5.84. The zero-order valence-corrected chi connectivity index (χ0v) is 18.8. The van der Waals surface area contributed by atoms with Crippen LogP contribution in [0.4, 0.5) is 0 Å². The summed E-state index contributed by atoms with van der Waals surface area (Å²) in [5.41, 5.74) is 0.965. The lowest BCUT2D eigenvalue weighted by atomic mass is 10.1. The molecule has 7 nitrogen and oxygen atoms in total. The van der Waals surface area contributed by atoms with Crippen LogP contribution in [0.25, 0.3) is 0 Å². The van der Waals surface area contributed by atoms with Crippen LogP contribution in [-0.4, -0.2) is 76.0 Å². The van der Waals surface area contributed by atoms with Gasteiger partial charge in [-0.3, -0.25) is 4.79 Å². The molecule has 2 fully saturated rings. The van der Waals surface area contributed by atoms with E-state index in [0.29, 0.717) is 56.5 Å². The molecule has 1 unspecified atom stereocenters. The van der Waals surface area contributed by atoms with Gasteiger partial charge in [0.25, 0.3) is 0 Å². The lowest BCUT2D eigenvalue weighted by Gasteiger charge is -2.29. The van der Waals surface area contributed by atoms with Gasteiger partial charge in [0.1, 0.15) is 0 Å². The molecule has 1 aromatic rings. The van der Waals surface area contributed by atoms with Crippen LogP contribution in [0.5, 0.6) is 0 Å². The molecule has 1 aromatic carbocycles. The summed E-state index contributed by atoms with van der Waals surface area (Å²) in [5.74, 6) is 0.488. The second kappa shape index (κ2) is 11.2. The molecule has 168 valence electrons. The molecule has 0 aliphatic carbocycles. The quantitative estimate of drug-likeness (QED) is 0.638. The first kappa shape index (κ1) is 23.2. The Morgan fingerprint density at radius 1 is 1.07 bits per heavy atom. The van der Waals surface area contributed by atoms with Crippen LogP contribution in [0.3, 0.4) is 0 Å². The summed E-state index contributed by atoms with van der Waals surface area (Å²) >= 11 is 0. The van der Waals surface area contributed by atoms with Crippen molar-refractivity contribution in [2.45, 2.75) is 43.9 Å². The third-order valence-corrected chi connectivity index (χ3v) is 7.75. The van der Waals surface area contributed by atoms with E-state index in [0.717, 1.165) is 12.1 Å². The molecule has 3 rings (SSSR count). The number of hydrogen-bond donors (Lipinski definition) is 1. The summed E-state index contributed by atoms with van der Waals surface area (Å²) in [6, 6.07) is 6.89. The van der Waals surface area contributed by atoms with E-state index in [1.54, 1.807) is 24.3 Å². The molecule has 30 heavy (non-hydrogen) atoms. The average molecular weight is 438 g/mol. The van der Waals surface area contributed by atoms with E-state index >= 15 is 0 Å². The Morgan fingerprint density at radius 2 is 1.73 bits per heavy atom. The highest BCUT2D eigenvalue weighted by molar-refractivity contribution is 7.89. The monoisotopic (exact) mass is 437 g/mol. The number of nitrogens with one attached hydrogen (secondary N) is 1. The Kier molecular flexibility index (Phi) is 8.68. The standard InChI is InChI=1S/C22H35N3O4S/c1-19(18-24-11-3-2-4-12-24)17-23-22(26)10-7-20-5-8-21(9-6-20)30(27,28)25-13-15-29-16-14-25/h5-6,8-9,19H,2-4,7,10-18H2,1H3,(H,23,26). The number of hydrogen-bond acceptors (Lipinski definition) is 5. The van der Waals surface area contributed by atoms with Crippen molar-refractivity contribution in [3.8, 4) is 0 Å². The molecule has 0 spiro atoms. The maximum atomic E-state index is 12.7. The van der Waals surface area contributed by atoms with Gasteiger partial charge in [-0.25, -0.2) is 8.42 Å². The molecule has 2 aliphatic heterocycles. The molecule has 2 heterocycles. The van der Waals surface area contributed by atoms with E-state index in [4.69, 9.17) is 4.74 Å². The molecule has 1 amide bonds. The lowest BCUT2D eigenvalue weighted by molar-refractivity contribution is -0.121. The van der Waals surface area contributed by atoms with Gasteiger partial charge in [0, 0.05) is 32.6 Å². The SMILES string of the molecule is CC(CNC(=O)CCc1ccc(S(=O)(=O)N2CCOCC2)cc1)CN1CCCCC1. The maximum absolute atomic E-state index is 12.7. The number of ether oxygens (including phenoxy) is 1. The summed E-state index contributed by atoms with van der Waals surface area (Å²) in [7, 11) is -3.47. The molecule has 8 heteroatoms. The number of sulfonamides is 1. The summed E-state index contributed by atoms with van der Waals surface area (Å²) in [6.07, 6.45) is 4.91. The zero-order valence-electron chi connectivity index (χ0n) is 18.0. The van der Waals surface area contributed by atoms with Crippen LogP contribution < -0.4 is 5.32 Å². The molecule has 1 N–H and O–H groups in total. The van der Waals surface area contributed by atoms with Crippen molar-refractivity contribution in [3.05, 3.63) is 29.8 Å². The minimum absolute atomic E-state index is 0.0468. The first-order chi connectivity index (χ1) is 14.4. The van der Waals surface area contributed by atoms with E-state index in [1.165, 1.54) is 36.7 Å². The lowest BCUT2D eigenvalue weighted by Crippen LogP contribution is -2.40. The molecular formula is C22H35N3O4S. The van der Waals surface area contributed by atoms with Gasteiger partial charge in [0.15, 0.2) is 0 Å². The highest BCUT2D eigenvalue weighted by atomic mass is 32.2. The number of nitrogens with zero attached hydrogens (tertiary/aromatic N) is 2. The van der Waals surface area contributed by atoms with E-state index < -0.39 is 10.0 Å². The number of aryl methyl sites for hydroxylation is 1. The van der Waals surface area contributed by atoms with Gasteiger partial charge in [-0.15, -0.1) is 0 Å². The van der Waals surface area contributed by atoms with Gasteiger partial charge in [-0.1, -0.05) is 25.5 Å². The number of carbonyl (C=O) groups is 1. The van der Waals surface area contributed by atoms with Crippen molar-refractivity contribution in [1.82, 2.24) is 14.5 Å².